The normalized spacial score (nSPS) is 20.6. The number of likely N-dealkylation sites (N-methyl/N-ethyl adjacent to an activating group) is 1. The lowest BCUT2D eigenvalue weighted by Gasteiger charge is -2.14. The number of halogens is 1. The van der Waals surface area contributed by atoms with E-state index >= 15 is 0 Å². The zero-order valence-electron chi connectivity index (χ0n) is 17.6. The molecular weight excluding hydrogens is 476 g/mol. The third-order valence-corrected chi connectivity index (χ3v) is 9.27. The van der Waals surface area contributed by atoms with Crippen LogP contribution >= 0.6 is 15.9 Å². The first kappa shape index (κ1) is 21.0. The third-order valence-electron chi connectivity index (χ3n) is 6.58. The highest BCUT2D eigenvalue weighted by molar-refractivity contribution is 9.10. The van der Waals surface area contributed by atoms with Crippen molar-refractivity contribution >= 4 is 36.9 Å². The van der Waals surface area contributed by atoms with Gasteiger partial charge in [-0.05, 0) is 103 Å². The van der Waals surface area contributed by atoms with Crippen LogP contribution in [-0.4, -0.2) is 43.5 Å². The van der Waals surface area contributed by atoms with Gasteiger partial charge in [0.05, 0.1) is 11.6 Å². The number of fused-ring (bicyclic) bond motifs is 1. The summed E-state index contributed by atoms with van der Waals surface area (Å²) in [6.45, 7) is 1.95. The molecule has 0 amide bonds. The standard InChI is InChI=1S/C24H27BrN2O3S/c1-26-13-12-17(15-26)21-16-27(31(28,29)24-9-5-4-8-22(24)25)23-11-10-19(14-20(21)23)30-18-6-2-3-7-18/h4-5,8-11,14,16-18H,2-3,6-7,12-13,15H2,1H3/t17-/m1/s1. The molecule has 164 valence electrons. The molecule has 1 saturated heterocycles. The second-order valence-electron chi connectivity index (χ2n) is 8.77. The summed E-state index contributed by atoms with van der Waals surface area (Å²) >= 11 is 3.42. The van der Waals surface area contributed by atoms with Crippen molar-refractivity contribution in [3.05, 3.63) is 58.7 Å². The van der Waals surface area contributed by atoms with Gasteiger partial charge < -0.3 is 9.64 Å². The van der Waals surface area contributed by atoms with E-state index < -0.39 is 10.0 Å². The summed E-state index contributed by atoms with van der Waals surface area (Å²) in [6, 6.07) is 12.8. The molecule has 5 rings (SSSR count). The van der Waals surface area contributed by atoms with Crippen molar-refractivity contribution < 1.29 is 13.2 Å². The van der Waals surface area contributed by atoms with Crippen LogP contribution in [0, 0.1) is 0 Å². The van der Waals surface area contributed by atoms with E-state index in [1.807, 2.05) is 30.5 Å². The van der Waals surface area contributed by atoms with Gasteiger partial charge in [-0.3, -0.25) is 0 Å². The molecule has 5 nitrogen and oxygen atoms in total. The highest BCUT2D eigenvalue weighted by atomic mass is 79.9. The van der Waals surface area contributed by atoms with Crippen LogP contribution in [-0.2, 0) is 10.0 Å². The summed E-state index contributed by atoms with van der Waals surface area (Å²) in [6.07, 6.45) is 7.75. The molecule has 1 atom stereocenters. The van der Waals surface area contributed by atoms with Crippen molar-refractivity contribution in [3.8, 4) is 5.75 Å². The average Bonchev–Trinajstić information content (AvgIpc) is 3.48. The van der Waals surface area contributed by atoms with Crippen LogP contribution in [0.1, 0.15) is 43.6 Å². The molecule has 7 heteroatoms. The molecule has 1 aromatic heterocycles. The molecule has 31 heavy (non-hydrogen) atoms. The fourth-order valence-corrected chi connectivity index (χ4v) is 7.29. The number of benzene rings is 2. The number of nitrogens with zero attached hydrogens (tertiary/aromatic N) is 2. The summed E-state index contributed by atoms with van der Waals surface area (Å²) in [5.74, 6) is 1.15. The minimum absolute atomic E-state index is 0.268. The van der Waals surface area contributed by atoms with E-state index in [0.717, 1.165) is 49.1 Å². The van der Waals surface area contributed by atoms with E-state index in [1.54, 1.807) is 18.2 Å². The second-order valence-corrected chi connectivity index (χ2v) is 11.4. The van der Waals surface area contributed by atoms with Crippen molar-refractivity contribution in [2.45, 2.75) is 49.0 Å². The predicted molar refractivity (Wildman–Crippen MR) is 126 cm³/mol. The first-order chi connectivity index (χ1) is 14.9. The summed E-state index contributed by atoms with van der Waals surface area (Å²) in [5.41, 5.74) is 1.80. The largest absolute Gasteiger partial charge is 0.490 e. The van der Waals surface area contributed by atoms with Crippen LogP contribution in [0.2, 0.25) is 0 Å². The molecule has 2 heterocycles. The summed E-state index contributed by atoms with van der Waals surface area (Å²) in [5, 5.41) is 0.978. The van der Waals surface area contributed by atoms with Crippen LogP contribution in [0.3, 0.4) is 0 Å². The minimum Gasteiger partial charge on any atom is -0.490 e. The van der Waals surface area contributed by atoms with E-state index in [1.165, 1.54) is 16.8 Å². The number of hydrogen-bond donors (Lipinski definition) is 0. The predicted octanol–water partition coefficient (Wildman–Crippen LogP) is 5.38. The summed E-state index contributed by atoms with van der Waals surface area (Å²) < 4.78 is 35.5. The molecule has 0 unspecified atom stereocenters. The zero-order chi connectivity index (χ0) is 21.6. The lowest BCUT2D eigenvalue weighted by Crippen LogP contribution is -2.14. The Hall–Kier alpha value is -1.83. The maximum absolute atomic E-state index is 13.6. The fourth-order valence-electron chi connectivity index (χ4n) is 4.95. The lowest BCUT2D eigenvalue weighted by molar-refractivity contribution is 0.210. The van der Waals surface area contributed by atoms with Crippen molar-refractivity contribution in [2.75, 3.05) is 20.1 Å². The maximum atomic E-state index is 13.6. The topological polar surface area (TPSA) is 51.5 Å². The molecular formula is C24H27BrN2O3S. The van der Waals surface area contributed by atoms with Gasteiger partial charge in [0.25, 0.3) is 10.0 Å². The van der Waals surface area contributed by atoms with Crippen LogP contribution in [0.5, 0.6) is 5.75 Å². The Bertz CT molecular complexity index is 1210. The number of likely N-dealkylation sites (tertiary alicyclic amines) is 1. The van der Waals surface area contributed by atoms with Crippen LogP contribution < -0.4 is 4.74 Å². The van der Waals surface area contributed by atoms with Crippen molar-refractivity contribution in [1.82, 2.24) is 8.87 Å². The minimum atomic E-state index is -3.74. The van der Waals surface area contributed by atoms with Gasteiger partial charge in [0, 0.05) is 22.6 Å². The van der Waals surface area contributed by atoms with E-state index in [0.29, 0.717) is 15.9 Å². The smallest absolute Gasteiger partial charge is 0.269 e. The molecule has 2 aromatic carbocycles. The Balaban J connectivity index is 1.64. The molecule has 3 aromatic rings. The fraction of sp³-hybridized carbons (Fsp3) is 0.417. The number of hydrogen-bond acceptors (Lipinski definition) is 4. The van der Waals surface area contributed by atoms with Gasteiger partial charge in [-0.1, -0.05) is 12.1 Å². The Morgan fingerprint density at radius 2 is 1.84 bits per heavy atom. The molecule has 1 saturated carbocycles. The summed E-state index contributed by atoms with van der Waals surface area (Å²) in [4.78, 5) is 2.57. The van der Waals surface area contributed by atoms with E-state index in [2.05, 4.69) is 27.9 Å². The van der Waals surface area contributed by atoms with Gasteiger partial charge in [-0.25, -0.2) is 12.4 Å². The van der Waals surface area contributed by atoms with Gasteiger partial charge in [0.15, 0.2) is 0 Å². The zero-order valence-corrected chi connectivity index (χ0v) is 20.0. The van der Waals surface area contributed by atoms with Crippen molar-refractivity contribution in [2.24, 2.45) is 0 Å². The molecule has 0 N–H and O–H groups in total. The van der Waals surface area contributed by atoms with E-state index in [-0.39, 0.29) is 11.0 Å². The number of rotatable bonds is 5. The maximum Gasteiger partial charge on any atom is 0.269 e. The lowest BCUT2D eigenvalue weighted by atomic mass is 9.98. The first-order valence-electron chi connectivity index (χ1n) is 10.9. The highest BCUT2D eigenvalue weighted by Gasteiger charge is 2.29. The van der Waals surface area contributed by atoms with Crippen LogP contribution in [0.15, 0.2) is 58.0 Å². The summed E-state index contributed by atoms with van der Waals surface area (Å²) in [7, 11) is -1.62. The molecule has 2 aliphatic rings. The van der Waals surface area contributed by atoms with E-state index in [4.69, 9.17) is 4.74 Å². The second kappa shape index (κ2) is 8.26. The van der Waals surface area contributed by atoms with E-state index in [9.17, 15) is 8.42 Å². The monoisotopic (exact) mass is 502 g/mol. The quantitative estimate of drug-likeness (QED) is 0.469. The highest BCUT2D eigenvalue weighted by Crippen LogP contribution is 2.38. The van der Waals surface area contributed by atoms with Gasteiger partial charge in [0.1, 0.15) is 10.6 Å². The SMILES string of the molecule is CN1CC[C@@H](c2cn(S(=O)(=O)c3ccccc3Br)c3ccc(OC4CCCC4)cc23)C1. The molecule has 0 bridgehead atoms. The van der Waals surface area contributed by atoms with Crippen molar-refractivity contribution in [3.63, 3.8) is 0 Å². The molecule has 1 aliphatic heterocycles. The first-order valence-corrected chi connectivity index (χ1v) is 13.2. The number of ether oxygens (including phenoxy) is 1. The van der Waals surface area contributed by atoms with Gasteiger partial charge in [0.2, 0.25) is 0 Å². The van der Waals surface area contributed by atoms with Gasteiger partial charge in [-0.15, -0.1) is 0 Å². The average molecular weight is 503 g/mol. The van der Waals surface area contributed by atoms with Crippen LogP contribution in [0.4, 0.5) is 0 Å². The van der Waals surface area contributed by atoms with Gasteiger partial charge >= 0.3 is 0 Å². The van der Waals surface area contributed by atoms with Crippen LogP contribution in [0.25, 0.3) is 10.9 Å². The molecule has 2 fully saturated rings. The Morgan fingerprint density at radius 1 is 1.06 bits per heavy atom. The van der Waals surface area contributed by atoms with Gasteiger partial charge in [-0.2, -0.15) is 0 Å². The number of aromatic nitrogens is 1. The third kappa shape index (κ3) is 3.92. The Kier molecular flexibility index (Phi) is 5.61. The Morgan fingerprint density at radius 3 is 2.55 bits per heavy atom. The molecule has 0 spiro atoms. The molecule has 0 radical (unpaired) electrons. The Labute approximate surface area is 192 Å². The van der Waals surface area contributed by atoms with Crippen molar-refractivity contribution in [1.29, 1.82) is 0 Å². The molecule has 1 aliphatic carbocycles.